The van der Waals surface area contributed by atoms with Gasteiger partial charge >= 0.3 is 0 Å². The van der Waals surface area contributed by atoms with Crippen LogP contribution in [0.2, 0.25) is 0 Å². The molecule has 0 amide bonds. The molecule has 20 heavy (non-hydrogen) atoms. The third-order valence-corrected chi connectivity index (χ3v) is 4.53. The van der Waals surface area contributed by atoms with Gasteiger partial charge in [-0.1, -0.05) is 62.9 Å². The van der Waals surface area contributed by atoms with Crippen molar-refractivity contribution in [1.29, 1.82) is 0 Å². The smallest absolute Gasteiger partial charge is 0.141 e. The lowest BCUT2D eigenvalue weighted by atomic mass is 10.1. The molecule has 0 aliphatic heterocycles. The van der Waals surface area contributed by atoms with Crippen molar-refractivity contribution in [1.82, 2.24) is 0 Å². The van der Waals surface area contributed by atoms with E-state index in [1.54, 1.807) is 0 Å². The second-order valence-corrected chi connectivity index (χ2v) is 8.26. The molecule has 5 nitrogen and oxygen atoms in total. The minimum Gasteiger partial charge on any atom is -0.306 e. The Kier molecular flexibility index (Phi) is 13.4. The van der Waals surface area contributed by atoms with E-state index in [0.717, 1.165) is 32.1 Å². The van der Waals surface area contributed by atoms with E-state index in [9.17, 15) is 4.21 Å². The monoisotopic (exact) mass is 321 g/mol. The molecule has 7 heteroatoms. The van der Waals surface area contributed by atoms with Gasteiger partial charge in [-0.05, 0) is 18.4 Å². The van der Waals surface area contributed by atoms with E-state index in [2.05, 4.69) is 21.2 Å². The predicted molar refractivity (Wildman–Crippen MR) is 87.8 cm³/mol. The first-order valence-corrected chi connectivity index (χ1v) is 10.1. The molecular weight excluding hydrogens is 294 g/mol. The number of hydrogen-bond donors (Lipinski definition) is 1. The lowest BCUT2D eigenvalue weighted by molar-refractivity contribution is 0.541. The summed E-state index contributed by atoms with van der Waals surface area (Å²) in [5, 5.41) is 3.51. The van der Waals surface area contributed by atoms with E-state index in [4.69, 9.17) is 10.1 Å². The van der Waals surface area contributed by atoms with Gasteiger partial charge in [-0.3, -0.25) is 0 Å². The van der Waals surface area contributed by atoms with Crippen LogP contribution in [-0.2, 0) is 20.0 Å². The van der Waals surface area contributed by atoms with Gasteiger partial charge in [-0.2, -0.15) is 0 Å². The van der Waals surface area contributed by atoms with E-state index < -0.39 is 8.77 Å². The van der Waals surface area contributed by atoms with Crippen LogP contribution >= 0.6 is 0 Å². The molecule has 118 valence electrons. The van der Waals surface area contributed by atoms with Crippen LogP contribution in [0.4, 0.5) is 0 Å². The fourth-order valence-electron chi connectivity index (χ4n) is 2.10. The molecular formula is C13H27N3O2S2. The van der Waals surface area contributed by atoms with E-state index in [1.165, 1.54) is 38.5 Å². The Morgan fingerprint density at radius 2 is 1.30 bits per heavy atom. The van der Waals surface area contributed by atoms with E-state index >= 15 is 0 Å². The second kappa shape index (κ2) is 13.6. The molecule has 0 bridgehead atoms. The molecule has 0 aromatic carbocycles. The molecule has 0 spiro atoms. The van der Waals surface area contributed by atoms with Gasteiger partial charge in [0.05, 0.1) is 0 Å². The molecule has 0 aliphatic carbocycles. The Morgan fingerprint density at radius 3 is 1.70 bits per heavy atom. The highest BCUT2D eigenvalue weighted by atomic mass is 32.8. The van der Waals surface area contributed by atoms with Crippen molar-refractivity contribution in [2.75, 3.05) is 12.3 Å². The Bertz CT molecular complexity index is 366. The van der Waals surface area contributed by atoms with Crippen molar-refractivity contribution in [2.45, 2.75) is 70.6 Å². The van der Waals surface area contributed by atoms with E-state index in [1.807, 2.05) is 0 Å². The SMILES string of the molecule is [N-]=[N+]=NCCCCCCCCCCCCCS(=O)(O)=S. The average Bonchev–Trinajstić information content (AvgIpc) is 2.38. The molecule has 0 fully saturated rings. The summed E-state index contributed by atoms with van der Waals surface area (Å²) in [6.45, 7) is 0.626. The molecule has 1 N–H and O–H groups in total. The molecule has 0 radical (unpaired) electrons. The molecule has 0 saturated carbocycles. The summed E-state index contributed by atoms with van der Waals surface area (Å²) < 4.78 is 19.8. The van der Waals surface area contributed by atoms with Gasteiger partial charge in [-0.15, -0.1) is 0 Å². The van der Waals surface area contributed by atoms with Crippen LogP contribution in [0.25, 0.3) is 10.4 Å². The highest BCUT2D eigenvalue weighted by molar-refractivity contribution is 8.29. The van der Waals surface area contributed by atoms with Gasteiger partial charge in [0.15, 0.2) is 0 Å². The van der Waals surface area contributed by atoms with Crippen LogP contribution in [0.1, 0.15) is 70.6 Å². The molecule has 0 saturated heterocycles. The van der Waals surface area contributed by atoms with E-state index in [-0.39, 0.29) is 5.75 Å². The molecule has 0 heterocycles. The van der Waals surface area contributed by atoms with Crippen LogP contribution < -0.4 is 0 Å². The zero-order valence-electron chi connectivity index (χ0n) is 12.2. The molecule has 0 aliphatic rings. The number of rotatable bonds is 14. The van der Waals surface area contributed by atoms with Crippen molar-refractivity contribution < 1.29 is 8.76 Å². The third kappa shape index (κ3) is 17.6. The van der Waals surface area contributed by atoms with Gasteiger partial charge in [0, 0.05) is 28.4 Å². The number of nitrogens with zero attached hydrogens (tertiary/aromatic N) is 3. The summed E-state index contributed by atoms with van der Waals surface area (Å²) in [4.78, 5) is 2.73. The summed E-state index contributed by atoms with van der Waals surface area (Å²) in [5.41, 5.74) is 8.11. The maximum Gasteiger partial charge on any atom is 0.141 e. The normalized spacial score (nSPS) is 13.7. The van der Waals surface area contributed by atoms with Crippen molar-refractivity contribution in [3.05, 3.63) is 10.4 Å². The fourth-order valence-corrected chi connectivity index (χ4v) is 3.03. The summed E-state index contributed by atoms with van der Waals surface area (Å²) in [7, 11) is -2.93. The standard InChI is InChI=1S/C13H27N3O2S2/c14-16-15-12-10-8-6-4-2-1-3-5-7-9-11-13-20(17,18)19/h1-13H2,(H,17,18,19). The van der Waals surface area contributed by atoms with Gasteiger partial charge in [-0.25, -0.2) is 4.21 Å². The Hall–Kier alpha value is -0.360. The zero-order chi connectivity index (χ0) is 15.1. The summed E-state index contributed by atoms with van der Waals surface area (Å²) in [5.74, 6) is 0.262. The summed E-state index contributed by atoms with van der Waals surface area (Å²) in [6.07, 6.45) is 12.6. The minimum absolute atomic E-state index is 0.262. The highest BCUT2D eigenvalue weighted by Crippen LogP contribution is 2.11. The maximum absolute atomic E-state index is 10.9. The number of hydrogen-bond acceptors (Lipinski definition) is 3. The Balaban J connectivity index is 3.08. The topological polar surface area (TPSA) is 86.1 Å². The molecule has 1 unspecified atom stereocenters. The number of unbranched alkanes of at least 4 members (excludes halogenated alkanes) is 10. The Labute approximate surface area is 127 Å². The zero-order valence-corrected chi connectivity index (χ0v) is 13.8. The van der Waals surface area contributed by atoms with Crippen molar-refractivity contribution in [2.24, 2.45) is 5.11 Å². The first-order valence-electron chi connectivity index (χ1n) is 7.52. The van der Waals surface area contributed by atoms with E-state index in [0.29, 0.717) is 6.54 Å². The quantitative estimate of drug-likeness (QED) is 0.216. The predicted octanol–water partition coefficient (Wildman–Crippen LogP) is 4.81. The summed E-state index contributed by atoms with van der Waals surface area (Å²) in [6, 6.07) is 0. The van der Waals surface area contributed by atoms with Gasteiger partial charge in [0.1, 0.15) is 8.77 Å². The van der Waals surface area contributed by atoms with Crippen LogP contribution in [0.15, 0.2) is 5.11 Å². The molecule has 0 aromatic rings. The van der Waals surface area contributed by atoms with Crippen LogP contribution in [0.5, 0.6) is 0 Å². The lowest BCUT2D eigenvalue weighted by Gasteiger charge is -2.02. The highest BCUT2D eigenvalue weighted by Gasteiger charge is 1.99. The van der Waals surface area contributed by atoms with Crippen LogP contribution in [-0.4, -0.2) is 21.1 Å². The lowest BCUT2D eigenvalue weighted by Crippen LogP contribution is -2.01. The van der Waals surface area contributed by atoms with Crippen LogP contribution in [0.3, 0.4) is 0 Å². The van der Waals surface area contributed by atoms with Gasteiger partial charge < -0.3 is 4.55 Å². The summed E-state index contributed by atoms with van der Waals surface area (Å²) >= 11 is 4.44. The minimum atomic E-state index is -2.93. The van der Waals surface area contributed by atoms with Gasteiger partial charge in [0.2, 0.25) is 0 Å². The second-order valence-electron chi connectivity index (χ2n) is 5.13. The largest absolute Gasteiger partial charge is 0.306 e. The fraction of sp³-hybridized carbons (Fsp3) is 1.00. The molecule has 0 rings (SSSR count). The molecule has 1 atom stereocenters. The first kappa shape index (κ1) is 19.6. The Morgan fingerprint density at radius 1 is 0.900 bits per heavy atom. The first-order chi connectivity index (χ1) is 9.56. The maximum atomic E-state index is 10.9. The third-order valence-electron chi connectivity index (χ3n) is 3.22. The van der Waals surface area contributed by atoms with Crippen LogP contribution in [0, 0.1) is 0 Å². The van der Waals surface area contributed by atoms with Crippen molar-refractivity contribution >= 4 is 20.0 Å². The van der Waals surface area contributed by atoms with Crippen molar-refractivity contribution in [3.63, 3.8) is 0 Å². The van der Waals surface area contributed by atoms with Crippen molar-refractivity contribution in [3.8, 4) is 0 Å². The van der Waals surface area contributed by atoms with Gasteiger partial charge in [0.25, 0.3) is 0 Å². The average molecular weight is 322 g/mol. The molecule has 0 aromatic heterocycles. The number of azide groups is 1.